The molecular weight excluding hydrogens is 270 g/mol. The summed E-state index contributed by atoms with van der Waals surface area (Å²) >= 11 is 1.55. The molecule has 4 nitrogen and oxygen atoms in total. The quantitative estimate of drug-likeness (QED) is 0.877. The number of anilines is 1. The third kappa shape index (κ3) is 3.79. The van der Waals surface area contributed by atoms with Gasteiger partial charge in [0.15, 0.2) is 5.13 Å². The van der Waals surface area contributed by atoms with E-state index in [4.69, 9.17) is 0 Å². The minimum Gasteiger partial charge on any atom is -0.311 e. The van der Waals surface area contributed by atoms with Gasteiger partial charge in [-0.05, 0) is 31.7 Å². The topological polar surface area (TPSA) is 45.2 Å². The van der Waals surface area contributed by atoms with Crippen LogP contribution in [0.3, 0.4) is 0 Å². The highest BCUT2D eigenvalue weighted by atomic mass is 32.1. The van der Waals surface area contributed by atoms with Gasteiger partial charge >= 0.3 is 0 Å². The first kappa shape index (κ1) is 15.4. The molecule has 2 atom stereocenters. The second-order valence-corrected chi connectivity index (χ2v) is 6.52. The van der Waals surface area contributed by atoms with E-state index in [0.29, 0.717) is 6.54 Å². The Morgan fingerprint density at radius 3 is 2.95 bits per heavy atom. The lowest BCUT2D eigenvalue weighted by molar-refractivity contribution is -0.116. The second-order valence-electron chi connectivity index (χ2n) is 5.68. The summed E-state index contributed by atoms with van der Waals surface area (Å²) in [6.07, 6.45) is 4.10. The van der Waals surface area contributed by atoms with Crippen molar-refractivity contribution in [3.05, 3.63) is 11.1 Å². The van der Waals surface area contributed by atoms with Crippen LogP contribution in [0.2, 0.25) is 0 Å². The van der Waals surface area contributed by atoms with Gasteiger partial charge in [-0.25, -0.2) is 4.98 Å². The summed E-state index contributed by atoms with van der Waals surface area (Å²) < 4.78 is 0. The summed E-state index contributed by atoms with van der Waals surface area (Å²) in [7, 11) is 0. The molecule has 0 radical (unpaired) electrons. The van der Waals surface area contributed by atoms with Crippen LogP contribution >= 0.6 is 11.3 Å². The van der Waals surface area contributed by atoms with Crippen molar-refractivity contribution >= 4 is 22.4 Å². The molecule has 5 heteroatoms. The lowest BCUT2D eigenvalue weighted by Gasteiger charge is -2.15. The maximum absolute atomic E-state index is 11.5. The highest BCUT2D eigenvalue weighted by Crippen LogP contribution is 2.30. The number of amides is 1. The fraction of sp³-hybridized carbons (Fsp3) is 0.733. The van der Waals surface area contributed by atoms with Crippen molar-refractivity contribution < 1.29 is 4.79 Å². The van der Waals surface area contributed by atoms with E-state index in [0.717, 1.165) is 35.8 Å². The smallest absolute Gasteiger partial charge is 0.225 e. The van der Waals surface area contributed by atoms with Gasteiger partial charge < -0.3 is 5.32 Å². The zero-order valence-electron chi connectivity index (χ0n) is 12.7. The van der Waals surface area contributed by atoms with E-state index in [1.807, 2.05) is 12.3 Å². The van der Waals surface area contributed by atoms with Gasteiger partial charge in [0.05, 0.1) is 5.69 Å². The van der Waals surface area contributed by atoms with Gasteiger partial charge in [-0.1, -0.05) is 19.8 Å². The Bertz CT molecular complexity index is 446. The highest BCUT2D eigenvalue weighted by Gasteiger charge is 2.22. The summed E-state index contributed by atoms with van der Waals surface area (Å²) in [5, 5.41) is 6.37. The number of nitrogens with zero attached hydrogens (tertiary/aromatic N) is 2. The average molecular weight is 295 g/mol. The van der Waals surface area contributed by atoms with Gasteiger partial charge in [-0.3, -0.25) is 9.69 Å². The van der Waals surface area contributed by atoms with Crippen LogP contribution in [0.15, 0.2) is 5.38 Å². The fourth-order valence-electron chi connectivity index (χ4n) is 2.91. The zero-order valence-corrected chi connectivity index (χ0v) is 13.5. The van der Waals surface area contributed by atoms with Crippen LogP contribution in [-0.2, 0) is 11.3 Å². The van der Waals surface area contributed by atoms with Gasteiger partial charge in [0.2, 0.25) is 5.91 Å². The van der Waals surface area contributed by atoms with Crippen LogP contribution in [-0.4, -0.2) is 24.0 Å². The van der Waals surface area contributed by atoms with Crippen LogP contribution in [0.5, 0.6) is 0 Å². The van der Waals surface area contributed by atoms with E-state index < -0.39 is 0 Å². The van der Waals surface area contributed by atoms with Gasteiger partial charge in [0.25, 0.3) is 0 Å². The van der Waals surface area contributed by atoms with Crippen LogP contribution < -0.4 is 10.2 Å². The molecule has 2 unspecified atom stereocenters. The van der Waals surface area contributed by atoms with Crippen molar-refractivity contribution in [2.45, 2.75) is 46.6 Å². The minimum absolute atomic E-state index is 0.0566. The van der Waals surface area contributed by atoms with Gasteiger partial charge in [0.1, 0.15) is 0 Å². The molecule has 1 aliphatic carbocycles. The molecule has 0 aromatic carbocycles. The average Bonchev–Trinajstić information content (AvgIpc) is 3.01. The summed E-state index contributed by atoms with van der Waals surface area (Å²) in [6.45, 7) is 8.47. The molecular formula is C15H25N3OS. The molecule has 0 aliphatic heterocycles. The van der Waals surface area contributed by atoms with Gasteiger partial charge in [0, 0.05) is 25.4 Å². The Labute approximate surface area is 125 Å². The Hall–Kier alpha value is -0.940. The highest BCUT2D eigenvalue weighted by molar-refractivity contribution is 7.14. The number of aromatic nitrogens is 1. The Morgan fingerprint density at radius 2 is 2.35 bits per heavy atom. The van der Waals surface area contributed by atoms with E-state index in [1.165, 1.54) is 19.3 Å². The van der Waals surface area contributed by atoms with E-state index in [-0.39, 0.29) is 5.91 Å². The molecule has 2 rings (SSSR count). The fourth-order valence-corrected chi connectivity index (χ4v) is 3.84. The molecule has 1 aliphatic rings. The SMILES string of the molecule is CCN(C(C)=O)c1nc(CNCC2CCCC2C)cs1. The molecule has 1 heterocycles. The zero-order chi connectivity index (χ0) is 14.5. The normalized spacial score (nSPS) is 22.1. The molecule has 112 valence electrons. The largest absolute Gasteiger partial charge is 0.311 e. The number of hydrogen-bond acceptors (Lipinski definition) is 4. The predicted octanol–water partition coefficient (Wildman–Crippen LogP) is 3.04. The molecule has 0 bridgehead atoms. The summed E-state index contributed by atoms with van der Waals surface area (Å²) in [4.78, 5) is 17.7. The van der Waals surface area contributed by atoms with Crippen molar-refractivity contribution in [1.82, 2.24) is 10.3 Å². The first-order chi connectivity index (χ1) is 9.61. The molecule has 1 aromatic heterocycles. The molecule has 0 spiro atoms. The second kappa shape index (κ2) is 7.18. The number of rotatable bonds is 6. The summed E-state index contributed by atoms with van der Waals surface area (Å²) in [5.74, 6) is 1.72. The number of carbonyl (C=O) groups excluding carboxylic acids is 1. The third-order valence-corrected chi connectivity index (χ3v) is 5.13. The number of thiazole rings is 1. The molecule has 1 saturated carbocycles. The predicted molar refractivity (Wildman–Crippen MR) is 84.0 cm³/mol. The minimum atomic E-state index is 0.0566. The lowest BCUT2D eigenvalue weighted by atomic mass is 9.98. The van der Waals surface area contributed by atoms with Crippen molar-refractivity contribution in [2.24, 2.45) is 11.8 Å². The van der Waals surface area contributed by atoms with E-state index >= 15 is 0 Å². The Kier molecular flexibility index (Phi) is 5.54. The van der Waals surface area contributed by atoms with Crippen molar-refractivity contribution in [3.63, 3.8) is 0 Å². The van der Waals surface area contributed by atoms with Crippen molar-refractivity contribution in [2.75, 3.05) is 18.0 Å². The summed E-state index contributed by atoms with van der Waals surface area (Å²) in [6, 6.07) is 0. The Balaban J connectivity index is 1.82. The Morgan fingerprint density at radius 1 is 1.55 bits per heavy atom. The monoisotopic (exact) mass is 295 g/mol. The first-order valence-electron chi connectivity index (χ1n) is 7.55. The molecule has 1 fully saturated rings. The summed E-state index contributed by atoms with van der Waals surface area (Å²) in [5.41, 5.74) is 1.04. The number of hydrogen-bond donors (Lipinski definition) is 1. The van der Waals surface area contributed by atoms with E-state index in [1.54, 1.807) is 23.2 Å². The van der Waals surface area contributed by atoms with E-state index in [9.17, 15) is 4.79 Å². The number of carbonyl (C=O) groups is 1. The maximum Gasteiger partial charge on any atom is 0.225 e. The lowest BCUT2D eigenvalue weighted by Crippen LogP contribution is -2.28. The standard InChI is InChI=1S/C15H25N3OS/c1-4-18(12(3)19)15-17-14(10-20-15)9-16-8-13-7-5-6-11(13)2/h10-11,13,16H,4-9H2,1-3H3. The van der Waals surface area contributed by atoms with Gasteiger partial charge in [-0.2, -0.15) is 0 Å². The maximum atomic E-state index is 11.5. The molecule has 1 amide bonds. The van der Waals surface area contributed by atoms with Crippen LogP contribution in [0.4, 0.5) is 5.13 Å². The van der Waals surface area contributed by atoms with Crippen molar-refractivity contribution in [3.8, 4) is 0 Å². The third-order valence-electron chi connectivity index (χ3n) is 4.22. The van der Waals surface area contributed by atoms with Crippen molar-refractivity contribution in [1.29, 1.82) is 0 Å². The molecule has 1 aromatic rings. The number of nitrogens with one attached hydrogen (secondary N) is 1. The van der Waals surface area contributed by atoms with E-state index in [2.05, 4.69) is 17.2 Å². The molecule has 0 saturated heterocycles. The molecule has 20 heavy (non-hydrogen) atoms. The first-order valence-corrected chi connectivity index (χ1v) is 8.43. The van der Waals surface area contributed by atoms with Crippen LogP contribution in [0.25, 0.3) is 0 Å². The van der Waals surface area contributed by atoms with Crippen LogP contribution in [0, 0.1) is 11.8 Å². The molecule has 1 N–H and O–H groups in total. The van der Waals surface area contributed by atoms with Crippen LogP contribution in [0.1, 0.15) is 45.7 Å². The van der Waals surface area contributed by atoms with Gasteiger partial charge in [-0.15, -0.1) is 11.3 Å².